The first-order chi connectivity index (χ1) is 9.70. The summed E-state index contributed by atoms with van der Waals surface area (Å²) < 4.78 is 5.70. The molecule has 1 aliphatic carbocycles. The Morgan fingerprint density at radius 2 is 2.40 bits per heavy atom. The van der Waals surface area contributed by atoms with Gasteiger partial charge in [-0.15, -0.1) is 0 Å². The van der Waals surface area contributed by atoms with Crippen LogP contribution in [-0.2, 0) is 9.53 Å². The lowest BCUT2D eigenvalue weighted by Crippen LogP contribution is -2.44. The van der Waals surface area contributed by atoms with Crippen LogP contribution in [0.4, 0.5) is 0 Å². The van der Waals surface area contributed by atoms with Crippen molar-refractivity contribution in [3.8, 4) is 0 Å². The molecule has 0 spiro atoms. The van der Waals surface area contributed by atoms with Gasteiger partial charge in [-0.3, -0.25) is 4.79 Å². The Morgan fingerprint density at radius 3 is 3.10 bits per heavy atom. The summed E-state index contributed by atoms with van der Waals surface area (Å²) in [6, 6.07) is 1.13. The van der Waals surface area contributed by atoms with Gasteiger partial charge >= 0.3 is 0 Å². The number of fused-ring (bicyclic) bond motifs is 3. The zero-order valence-electron chi connectivity index (χ0n) is 11.6. The van der Waals surface area contributed by atoms with Crippen LogP contribution in [0.25, 0.3) is 0 Å². The minimum atomic E-state index is -0.0505. The molecule has 3 aliphatic heterocycles. The van der Waals surface area contributed by atoms with Gasteiger partial charge in [0.15, 0.2) is 0 Å². The Labute approximate surface area is 118 Å². The standard InChI is InChI=1S/C15H19N3O2/c1-9(19)17-13-8-20-15-7-18(3-2-11(13)15)14-5-10-4-12(14)16-6-10/h2-3,7,10,12,14,16H,4-6,8H2,1H3,(H,17,19). The van der Waals surface area contributed by atoms with Crippen molar-refractivity contribution in [1.82, 2.24) is 15.5 Å². The summed E-state index contributed by atoms with van der Waals surface area (Å²) in [4.78, 5) is 13.4. The van der Waals surface area contributed by atoms with Crippen LogP contribution in [0.1, 0.15) is 19.8 Å². The van der Waals surface area contributed by atoms with Crippen molar-refractivity contribution in [3.05, 3.63) is 35.5 Å². The second kappa shape index (κ2) is 4.38. The second-order valence-electron chi connectivity index (χ2n) is 6.04. The highest BCUT2D eigenvalue weighted by Gasteiger charge is 2.42. The molecule has 20 heavy (non-hydrogen) atoms. The predicted octanol–water partition coefficient (Wildman–Crippen LogP) is 0.828. The number of carbonyl (C=O) groups excluding carboxylic acids is 1. The maximum atomic E-state index is 11.2. The Morgan fingerprint density at radius 1 is 1.50 bits per heavy atom. The van der Waals surface area contributed by atoms with E-state index in [2.05, 4.69) is 34.0 Å². The number of nitrogens with zero attached hydrogens (tertiary/aromatic N) is 1. The monoisotopic (exact) mass is 273 g/mol. The number of rotatable bonds is 2. The number of hydrogen-bond acceptors (Lipinski definition) is 4. The molecule has 0 aromatic carbocycles. The predicted molar refractivity (Wildman–Crippen MR) is 74.2 cm³/mol. The molecule has 5 nitrogen and oxygen atoms in total. The van der Waals surface area contributed by atoms with Crippen molar-refractivity contribution in [3.63, 3.8) is 0 Å². The van der Waals surface area contributed by atoms with E-state index in [0.29, 0.717) is 18.7 Å². The first kappa shape index (κ1) is 12.0. The van der Waals surface area contributed by atoms with Gasteiger partial charge in [-0.25, -0.2) is 0 Å². The van der Waals surface area contributed by atoms with Gasteiger partial charge in [0.1, 0.15) is 12.4 Å². The fraction of sp³-hybridized carbons (Fsp3) is 0.533. The van der Waals surface area contributed by atoms with Gasteiger partial charge < -0.3 is 20.3 Å². The van der Waals surface area contributed by atoms with Crippen molar-refractivity contribution < 1.29 is 9.53 Å². The van der Waals surface area contributed by atoms with Gasteiger partial charge in [-0.1, -0.05) is 0 Å². The summed E-state index contributed by atoms with van der Waals surface area (Å²) in [6.07, 6.45) is 8.79. The summed E-state index contributed by atoms with van der Waals surface area (Å²) >= 11 is 0. The van der Waals surface area contributed by atoms with Gasteiger partial charge in [-0.05, 0) is 31.4 Å². The summed E-state index contributed by atoms with van der Waals surface area (Å²) in [5, 5.41) is 6.43. The average molecular weight is 273 g/mol. The second-order valence-corrected chi connectivity index (χ2v) is 6.04. The van der Waals surface area contributed by atoms with E-state index in [1.54, 1.807) is 0 Å². The van der Waals surface area contributed by atoms with Gasteiger partial charge in [0.05, 0.1) is 5.70 Å². The molecular formula is C15H19N3O2. The lowest BCUT2D eigenvalue weighted by molar-refractivity contribution is -0.118. The summed E-state index contributed by atoms with van der Waals surface area (Å²) in [5.41, 5.74) is 1.87. The molecule has 3 atom stereocenters. The topological polar surface area (TPSA) is 53.6 Å². The quantitative estimate of drug-likeness (QED) is 0.782. The van der Waals surface area contributed by atoms with Crippen molar-refractivity contribution in [2.75, 3.05) is 13.2 Å². The van der Waals surface area contributed by atoms with Crippen LogP contribution in [-0.4, -0.2) is 36.0 Å². The lowest BCUT2D eigenvalue weighted by Gasteiger charge is -2.33. The first-order valence-corrected chi connectivity index (χ1v) is 7.25. The number of hydrogen-bond donors (Lipinski definition) is 2. The molecule has 0 radical (unpaired) electrons. The Kier molecular flexibility index (Phi) is 2.63. The number of nitrogens with one attached hydrogen (secondary N) is 2. The van der Waals surface area contributed by atoms with E-state index in [0.717, 1.165) is 22.9 Å². The molecule has 5 heteroatoms. The van der Waals surface area contributed by atoms with Crippen LogP contribution in [0.15, 0.2) is 35.5 Å². The largest absolute Gasteiger partial charge is 0.485 e. The van der Waals surface area contributed by atoms with Crippen molar-refractivity contribution in [2.24, 2.45) is 5.92 Å². The van der Waals surface area contributed by atoms with E-state index in [-0.39, 0.29) is 5.91 Å². The van der Waals surface area contributed by atoms with Crippen molar-refractivity contribution in [1.29, 1.82) is 0 Å². The van der Waals surface area contributed by atoms with Gasteiger partial charge in [-0.2, -0.15) is 0 Å². The molecule has 2 bridgehead atoms. The SMILES string of the molecule is CC(=O)NC1=C2C=CN(C3CC4CNC3C4)C=C2OC1. The summed E-state index contributed by atoms with van der Waals surface area (Å²) in [7, 11) is 0. The molecule has 1 amide bonds. The zero-order valence-corrected chi connectivity index (χ0v) is 11.6. The summed E-state index contributed by atoms with van der Waals surface area (Å²) in [5.74, 6) is 1.65. The van der Waals surface area contributed by atoms with E-state index in [9.17, 15) is 4.79 Å². The maximum Gasteiger partial charge on any atom is 0.221 e. The number of carbonyl (C=O) groups is 1. The number of piperidine rings is 1. The molecule has 2 N–H and O–H groups in total. The molecule has 2 fully saturated rings. The van der Waals surface area contributed by atoms with Crippen molar-refractivity contribution in [2.45, 2.75) is 31.8 Å². The van der Waals surface area contributed by atoms with E-state index in [4.69, 9.17) is 4.74 Å². The molecule has 3 heterocycles. The zero-order chi connectivity index (χ0) is 13.7. The van der Waals surface area contributed by atoms with Crippen LogP contribution in [0.5, 0.6) is 0 Å². The molecule has 1 saturated carbocycles. The molecule has 0 aromatic heterocycles. The summed E-state index contributed by atoms with van der Waals surface area (Å²) in [6.45, 7) is 3.15. The first-order valence-electron chi connectivity index (χ1n) is 7.25. The van der Waals surface area contributed by atoms with E-state index >= 15 is 0 Å². The van der Waals surface area contributed by atoms with Crippen LogP contribution in [0.2, 0.25) is 0 Å². The van der Waals surface area contributed by atoms with E-state index in [1.807, 2.05) is 0 Å². The Bertz CT molecular complexity index is 549. The lowest BCUT2D eigenvalue weighted by atomic mass is 10.0. The molecule has 4 rings (SSSR count). The van der Waals surface area contributed by atoms with Gasteiger partial charge in [0, 0.05) is 37.0 Å². The van der Waals surface area contributed by atoms with Crippen LogP contribution in [0.3, 0.4) is 0 Å². The van der Waals surface area contributed by atoms with Crippen LogP contribution < -0.4 is 10.6 Å². The number of amides is 1. The minimum absolute atomic E-state index is 0.0505. The molecule has 1 saturated heterocycles. The fourth-order valence-electron chi connectivity index (χ4n) is 3.76. The Balaban J connectivity index is 1.55. The third-order valence-electron chi connectivity index (χ3n) is 4.65. The minimum Gasteiger partial charge on any atom is -0.485 e. The number of ether oxygens (including phenoxy) is 1. The molecule has 3 unspecified atom stereocenters. The van der Waals surface area contributed by atoms with E-state index in [1.165, 1.54) is 26.3 Å². The van der Waals surface area contributed by atoms with E-state index < -0.39 is 0 Å². The highest BCUT2D eigenvalue weighted by atomic mass is 16.5. The Hall–Kier alpha value is -1.75. The molecular weight excluding hydrogens is 254 g/mol. The van der Waals surface area contributed by atoms with Gasteiger partial charge in [0.25, 0.3) is 0 Å². The van der Waals surface area contributed by atoms with Crippen molar-refractivity contribution >= 4 is 5.91 Å². The highest BCUT2D eigenvalue weighted by Crippen LogP contribution is 2.37. The van der Waals surface area contributed by atoms with Crippen LogP contribution >= 0.6 is 0 Å². The smallest absolute Gasteiger partial charge is 0.221 e. The molecule has 106 valence electrons. The fourth-order valence-corrected chi connectivity index (χ4v) is 3.76. The van der Waals surface area contributed by atoms with Crippen LogP contribution in [0, 0.1) is 5.92 Å². The third kappa shape index (κ3) is 1.85. The van der Waals surface area contributed by atoms with Gasteiger partial charge in [0.2, 0.25) is 5.91 Å². The maximum absolute atomic E-state index is 11.2. The average Bonchev–Trinajstić information content (AvgIpc) is 3.13. The molecule has 0 aromatic rings. The normalized spacial score (nSPS) is 34.1. The third-order valence-corrected chi connectivity index (χ3v) is 4.65. The number of allylic oxidation sites excluding steroid dienone is 1. The highest BCUT2D eigenvalue weighted by molar-refractivity contribution is 5.76. The molecule has 4 aliphatic rings.